The molecule has 0 aromatic heterocycles. The van der Waals surface area contributed by atoms with Gasteiger partial charge in [0.25, 0.3) is 0 Å². The van der Waals surface area contributed by atoms with E-state index in [1.54, 1.807) is 0 Å². The first kappa shape index (κ1) is 15.2. The summed E-state index contributed by atoms with van der Waals surface area (Å²) in [6.07, 6.45) is 0. The standard InChI is InChI=1S/C16H17Cl2NO/c1-19(2)10-11-20-13-8-6-12(7-9-13)16-14(17)4-3-5-15(16)18/h3-9H,10-11H2,1-2H3. The van der Waals surface area contributed by atoms with Gasteiger partial charge in [-0.05, 0) is 43.9 Å². The molecule has 0 aliphatic rings. The first-order chi connectivity index (χ1) is 9.58. The highest BCUT2D eigenvalue weighted by Crippen LogP contribution is 2.35. The molecule has 0 unspecified atom stereocenters. The van der Waals surface area contributed by atoms with Crippen molar-refractivity contribution >= 4 is 23.2 Å². The van der Waals surface area contributed by atoms with Crippen molar-refractivity contribution in [3.63, 3.8) is 0 Å². The maximum Gasteiger partial charge on any atom is 0.119 e. The van der Waals surface area contributed by atoms with Crippen LogP contribution in [-0.4, -0.2) is 32.1 Å². The van der Waals surface area contributed by atoms with Gasteiger partial charge in [-0.2, -0.15) is 0 Å². The van der Waals surface area contributed by atoms with Crippen LogP contribution in [0.4, 0.5) is 0 Å². The molecule has 0 spiro atoms. The maximum absolute atomic E-state index is 6.20. The summed E-state index contributed by atoms with van der Waals surface area (Å²) in [5, 5.41) is 1.30. The molecule has 2 aromatic rings. The van der Waals surface area contributed by atoms with Crippen molar-refractivity contribution in [1.29, 1.82) is 0 Å². The molecule has 0 saturated heterocycles. The molecule has 0 saturated carbocycles. The topological polar surface area (TPSA) is 12.5 Å². The van der Waals surface area contributed by atoms with Crippen molar-refractivity contribution in [2.24, 2.45) is 0 Å². The minimum Gasteiger partial charge on any atom is -0.492 e. The van der Waals surface area contributed by atoms with Gasteiger partial charge in [0.05, 0.1) is 0 Å². The molecule has 0 bridgehead atoms. The van der Waals surface area contributed by atoms with E-state index in [9.17, 15) is 0 Å². The maximum atomic E-state index is 6.20. The zero-order valence-electron chi connectivity index (χ0n) is 11.6. The summed E-state index contributed by atoms with van der Waals surface area (Å²) in [4.78, 5) is 2.08. The van der Waals surface area contributed by atoms with Crippen LogP contribution in [-0.2, 0) is 0 Å². The van der Waals surface area contributed by atoms with Crippen LogP contribution in [0.2, 0.25) is 10.0 Å². The lowest BCUT2D eigenvalue weighted by atomic mass is 10.1. The first-order valence-electron chi connectivity index (χ1n) is 6.40. The van der Waals surface area contributed by atoms with Crippen LogP contribution in [0.15, 0.2) is 42.5 Å². The van der Waals surface area contributed by atoms with E-state index in [0.29, 0.717) is 16.7 Å². The fraction of sp³-hybridized carbons (Fsp3) is 0.250. The summed E-state index contributed by atoms with van der Waals surface area (Å²) in [5.74, 6) is 0.846. The molecule has 0 N–H and O–H groups in total. The summed E-state index contributed by atoms with van der Waals surface area (Å²) >= 11 is 12.4. The molecule has 0 fully saturated rings. The van der Waals surface area contributed by atoms with E-state index in [0.717, 1.165) is 23.4 Å². The highest BCUT2D eigenvalue weighted by molar-refractivity contribution is 6.39. The molecule has 0 atom stereocenters. The Balaban J connectivity index is 2.12. The molecule has 4 heteroatoms. The predicted molar refractivity (Wildman–Crippen MR) is 85.9 cm³/mol. The molecular weight excluding hydrogens is 293 g/mol. The SMILES string of the molecule is CN(C)CCOc1ccc(-c2c(Cl)cccc2Cl)cc1. The molecule has 2 rings (SSSR count). The quantitative estimate of drug-likeness (QED) is 0.800. The summed E-state index contributed by atoms with van der Waals surface area (Å²) in [5.41, 5.74) is 1.84. The lowest BCUT2D eigenvalue weighted by Crippen LogP contribution is -2.19. The minimum atomic E-state index is 0.652. The number of benzene rings is 2. The molecule has 0 amide bonds. The molecule has 0 heterocycles. The number of hydrogen-bond acceptors (Lipinski definition) is 2. The van der Waals surface area contributed by atoms with Crippen LogP contribution in [0.1, 0.15) is 0 Å². The average Bonchev–Trinajstić information content (AvgIpc) is 2.40. The lowest BCUT2D eigenvalue weighted by molar-refractivity contribution is 0.261. The van der Waals surface area contributed by atoms with Gasteiger partial charge in [0.2, 0.25) is 0 Å². The highest BCUT2D eigenvalue weighted by Gasteiger charge is 2.08. The van der Waals surface area contributed by atoms with Crippen LogP contribution >= 0.6 is 23.2 Å². The van der Waals surface area contributed by atoms with Gasteiger partial charge in [0.15, 0.2) is 0 Å². The Hall–Kier alpha value is -1.22. The number of hydrogen-bond donors (Lipinski definition) is 0. The second kappa shape index (κ2) is 6.98. The van der Waals surface area contributed by atoms with Gasteiger partial charge in [0.1, 0.15) is 12.4 Å². The zero-order valence-corrected chi connectivity index (χ0v) is 13.1. The molecule has 0 radical (unpaired) electrons. The van der Waals surface area contributed by atoms with E-state index in [-0.39, 0.29) is 0 Å². The van der Waals surface area contributed by atoms with E-state index in [4.69, 9.17) is 27.9 Å². The third-order valence-corrected chi connectivity index (χ3v) is 3.54. The van der Waals surface area contributed by atoms with Crippen LogP contribution in [0.3, 0.4) is 0 Å². The Bertz CT molecular complexity index is 547. The fourth-order valence-corrected chi connectivity index (χ4v) is 2.45. The zero-order chi connectivity index (χ0) is 14.5. The van der Waals surface area contributed by atoms with Crippen LogP contribution in [0, 0.1) is 0 Å². The molecule has 106 valence electrons. The van der Waals surface area contributed by atoms with Gasteiger partial charge in [0, 0.05) is 22.2 Å². The van der Waals surface area contributed by atoms with E-state index in [2.05, 4.69) is 4.90 Å². The van der Waals surface area contributed by atoms with Crippen LogP contribution in [0.5, 0.6) is 5.75 Å². The van der Waals surface area contributed by atoms with Gasteiger partial charge < -0.3 is 9.64 Å². The van der Waals surface area contributed by atoms with Crippen LogP contribution in [0.25, 0.3) is 11.1 Å². The number of likely N-dealkylation sites (N-methyl/N-ethyl adjacent to an activating group) is 1. The number of nitrogens with zero attached hydrogens (tertiary/aromatic N) is 1. The van der Waals surface area contributed by atoms with E-state index < -0.39 is 0 Å². The Morgan fingerprint density at radius 1 is 0.950 bits per heavy atom. The lowest BCUT2D eigenvalue weighted by Gasteiger charge is -2.12. The molecule has 2 nitrogen and oxygen atoms in total. The Kier molecular flexibility index (Phi) is 5.30. The van der Waals surface area contributed by atoms with Crippen molar-refractivity contribution in [2.45, 2.75) is 0 Å². The van der Waals surface area contributed by atoms with E-state index in [1.807, 2.05) is 56.6 Å². The predicted octanol–water partition coefficient (Wildman–Crippen LogP) is 4.60. The van der Waals surface area contributed by atoms with Crippen molar-refractivity contribution in [1.82, 2.24) is 4.90 Å². The molecule has 0 aliphatic heterocycles. The van der Waals surface area contributed by atoms with Gasteiger partial charge >= 0.3 is 0 Å². The average molecular weight is 310 g/mol. The second-order valence-corrected chi connectivity index (χ2v) is 5.59. The summed E-state index contributed by atoms with van der Waals surface area (Å²) < 4.78 is 5.66. The molecule has 0 aliphatic carbocycles. The largest absolute Gasteiger partial charge is 0.492 e. The van der Waals surface area contributed by atoms with Crippen molar-refractivity contribution in [3.8, 4) is 16.9 Å². The summed E-state index contributed by atoms with van der Waals surface area (Å²) in [6.45, 7) is 1.55. The monoisotopic (exact) mass is 309 g/mol. The molecule has 2 aromatic carbocycles. The number of halogens is 2. The van der Waals surface area contributed by atoms with Gasteiger partial charge in [-0.3, -0.25) is 0 Å². The van der Waals surface area contributed by atoms with Crippen molar-refractivity contribution < 1.29 is 4.74 Å². The highest BCUT2D eigenvalue weighted by atomic mass is 35.5. The second-order valence-electron chi connectivity index (χ2n) is 4.77. The first-order valence-corrected chi connectivity index (χ1v) is 7.15. The van der Waals surface area contributed by atoms with Crippen molar-refractivity contribution in [3.05, 3.63) is 52.5 Å². The Morgan fingerprint density at radius 2 is 1.55 bits per heavy atom. The fourth-order valence-electron chi connectivity index (χ4n) is 1.84. The normalized spacial score (nSPS) is 10.8. The van der Waals surface area contributed by atoms with E-state index in [1.165, 1.54) is 0 Å². The third kappa shape index (κ3) is 3.89. The Morgan fingerprint density at radius 3 is 2.10 bits per heavy atom. The van der Waals surface area contributed by atoms with Crippen LogP contribution < -0.4 is 4.74 Å². The summed E-state index contributed by atoms with van der Waals surface area (Å²) in [6, 6.07) is 13.3. The van der Waals surface area contributed by atoms with Gasteiger partial charge in [-0.15, -0.1) is 0 Å². The Labute approximate surface area is 129 Å². The number of rotatable bonds is 5. The minimum absolute atomic E-state index is 0.652. The number of ether oxygens (including phenoxy) is 1. The smallest absolute Gasteiger partial charge is 0.119 e. The van der Waals surface area contributed by atoms with Gasteiger partial charge in [-0.1, -0.05) is 41.4 Å². The molecule has 20 heavy (non-hydrogen) atoms. The van der Waals surface area contributed by atoms with Crippen molar-refractivity contribution in [2.75, 3.05) is 27.2 Å². The molecular formula is C16H17Cl2NO. The third-order valence-electron chi connectivity index (χ3n) is 2.91. The summed E-state index contributed by atoms with van der Waals surface area (Å²) in [7, 11) is 4.04. The van der Waals surface area contributed by atoms with E-state index >= 15 is 0 Å². The van der Waals surface area contributed by atoms with Gasteiger partial charge in [-0.25, -0.2) is 0 Å².